The van der Waals surface area contributed by atoms with Crippen molar-refractivity contribution in [1.82, 2.24) is 15.1 Å². The van der Waals surface area contributed by atoms with Crippen LogP contribution in [-0.4, -0.2) is 59.9 Å². The fraction of sp³-hybridized carbons (Fsp3) is 0.600. The van der Waals surface area contributed by atoms with Crippen LogP contribution in [0.25, 0.3) is 0 Å². The third-order valence-corrected chi connectivity index (χ3v) is 5.27. The zero-order chi connectivity index (χ0) is 20.4. The maximum atomic E-state index is 12.9. The van der Waals surface area contributed by atoms with Crippen LogP contribution < -0.4 is 15.1 Å². The van der Waals surface area contributed by atoms with Crippen molar-refractivity contribution in [3.05, 3.63) is 24.1 Å². The molecule has 2 aromatic rings. The third kappa shape index (κ3) is 4.34. The van der Waals surface area contributed by atoms with E-state index in [9.17, 15) is 4.79 Å². The van der Waals surface area contributed by atoms with Gasteiger partial charge in [-0.1, -0.05) is 25.9 Å². The molecule has 2 aliphatic rings. The number of carbonyl (C=O) groups is 1. The molecule has 29 heavy (non-hydrogen) atoms. The minimum atomic E-state index is -0.294. The quantitative estimate of drug-likeness (QED) is 0.834. The van der Waals surface area contributed by atoms with Crippen molar-refractivity contribution in [2.75, 3.05) is 48.0 Å². The van der Waals surface area contributed by atoms with Crippen molar-refractivity contribution in [3.8, 4) is 0 Å². The lowest BCUT2D eigenvalue weighted by Crippen LogP contribution is -2.41. The largest absolute Gasteiger partial charge is 0.378 e. The Balaban J connectivity index is 1.47. The summed E-state index contributed by atoms with van der Waals surface area (Å²) in [7, 11) is 0. The Hall–Kier alpha value is -2.68. The summed E-state index contributed by atoms with van der Waals surface area (Å²) in [5, 5.41) is 6.90. The predicted molar refractivity (Wildman–Crippen MR) is 109 cm³/mol. The summed E-state index contributed by atoms with van der Waals surface area (Å²) >= 11 is 0. The average molecular weight is 400 g/mol. The molecule has 0 spiro atoms. The monoisotopic (exact) mass is 400 g/mol. The first-order chi connectivity index (χ1) is 13.9. The van der Waals surface area contributed by atoms with Gasteiger partial charge in [0.1, 0.15) is 17.6 Å². The number of nitrogens with zero attached hydrogens (tertiary/aromatic N) is 5. The zero-order valence-corrected chi connectivity index (χ0v) is 17.2. The first kappa shape index (κ1) is 19.6. The third-order valence-electron chi connectivity index (χ3n) is 5.27. The summed E-state index contributed by atoms with van der Waals surface area (Å²) in [5.74, 6) is 2.55. The second kappa shape index (κ2) is 7.98. The highest BCUT2D eigenvalue weighted by Gasteiger charge is 2.33. The molecule has 0 bridgehead atoms. The molecule has 4 heterocycles. The van der Waals surface area contributed by atoms with Crippen LogP contribution >= 0.6 is 0 Å². The van der Waals surface area contributed by atoms with Crippen molar-refractivity contribution < 1.29 is 14.1 Å². The molecule has 2 aromatic heterocycles. The van der Waals surface area contributed by atoms with Gasteiger partial charge < -0.3 is 24.4 Å². The lowest BCUT2D eigenvalue weighted by Gasteiger charge is -2.29. The highest BCUT2D eigenvalue weighted by atomic mass is 16.5. The molecule has 2 aliphatic heterocycles. The fourth-order valence-corrected chi connectivity index (χ4v) is 3.63. The van der Waals surface area contributed by atoms with E-state index in [1.807, 2.05) is 31.7 Å². The Morgan fingerprint density at radius 1 is 1.24 bits per heavy atom. The van der Waals surface area contributed by atoms with Crippen molar-refractivity contribution in [2.24, 2.45) is 0 Å². The lowest BCUT2D eigenvalue weighted by atomic mass is 9.93. The van der Waals surface area contributed by atoms with Crippen molar-refractivity contribution in [1.29, 1.82) is 0 Å². The molecule has 0 aliphatic carbocycles. The minimum Gasteiger partial charge on any atom is -0.378 e. The van der Waals surface area contributed by atoms with E-state index in [1.165, 1.54) is 0 Å². The van der Waals surface area contributed by atoms with Crippen molar-refractivity contribution in [3.63, 3.8) is 0 Å². The van der Waals surface area contributed by atoms with Crippen LogP contribution in [0.1, 0.15) is 39.4 Å². The van der Waals surface area contributed by atoms with Gasteiger partial charge in [0, 0.05) is 37.3 Å². The average Bonchev–Trinajstić information content (AvgIpc) is 3.38. The summed E-state index contributed by atoms with van der Waals surface area (Å²) in [6.07, 6.45) is 3.46. The number of carbonyl (C=O) groups excluding carboxylic acids is 1. The molecule has 1 amide bonds. The van der Waals surface area contributed by atoms with E-state index in [-0.39, 0.29) is 17.4 Å². The second-order valence-electron chi connectivity index (χ2n) is 8.48. The molecule has 1 atom stereocenters. The van der Waals surface area contributed by atoms with Gasteiger partial charge in [-0.2, -0.15) is 4.98 Å². The SMILES string of the molecule is CC(C)(C)c1cc(NC(=O)[C@@H]2CCCN2c2ccnc(N3CCOCC3)n2)no1. The molecule has 1 N–H and O–H groups in total. The second-order valence-corrected chi connectivity index (χ2v) is 8.48. The van der Waals surface area contributed by atoms with Crippen LogP contribution in [0, 0.1) is 0 Å². The smallest absolute Gasteiger partial charge is 0.248 e. The van der Waals surface area contributed by atoms with Crippen LogP contribution in [-0.2, 0) is 14.9 Å². The number of anilines is 3. The molecule has 9 nitrogen and oxygen atoms in total. The molecule has 2 saturated heterocycles. The number of morpholine rings is 1. The van der Waals surface area contributed by atoms with Gasteiger partial charge in [0.15, 0.2) is 5.82 Å². The van der Waals surface area contributed by atoms with Gasteiger partial charge in [-0.15, -0.1) is 0 Å². The van der Waals surface area contributed by atoms with Crippen LogP contribution in [0.3, 0.4) is 0 Å². The summed E-state index contributed by atoms with van der Waals surface area (Å²) in [6, 6.07) is 3.36. The number of nitrogens with one attached hydrogen (secondary N) is 1. The molecule has 9 heteroatoms. The number of rotatable bonds is 4. The van der Waals surface area contributed by atoms with Crippen LogP contribution in [0.4, 0.5) is 17.6 Å². The Labute approximate surface area is 170 Å². The number of ether oxygens (including phenoxy) is 1. The van der Waals surface area contributed by atoms with Gasteiger partial charge in [-0.25, -0.2) is 4.98 Å². The summed E-state index contributed by atoms with van der Waals surface area (Å²) in [5.41, 5.74) is -0.160. The predicted octanol–water partition coefficient (Wildman–Crippen LogP) is 2.21. The highest BCUT2D eigenvalue weighted by Crippen LogP contribution is 2.28. The molecule has 0 radical (unpaired) electrons. The fourth-order valence-electron chi connectivity index (χ4n) is 3.63. The molecule has 2 fully saturated rings. The van der Waals surface area contributed by atoms with Crippen LogP contribution in [0.5, 0.6) is 0 Å². The Kier molecular flexibility index (Phi) is 5.40. The van der Waals surface area contributed by atoms with Crippen LogP contribution in [0.2, 0.25) is 0 Å². The summed E-state index contributed by atoms with van der Waals surface area (Å²) in [4.78, 5) is 26.2. The molecule has 0 aromatic carbocycles. The van der Waals surface area contributed by atoms with Gasteiger partial charge in [-0.05, 0) is 18.9 Å². The molecular weight excluding hydrogens is 372 g/mol. The van der Waals surface area contributed by atoms with Crippen LogP contribution in [0.15, 0.2) is 22.9 Å². The van der Waals surface area contributed by atoms with E-state index in [1.54, 1.807) is 12.3 Å². The van der Waals surface area contributed by atoms with Gasteiger partial charge in [0.2, 0.25) is 11.9 Å². The molecule has 4 rings (SSSR count). The number of aromatic nitrogens is 3. The zero-order valence-electron chi connectivity index (χ0n) is 17.2. The minimum absolute atomic E-state index is 0.0946. The van der Waals surface area contributed by atoms with E-state index in [4.69, 9.17) is 14.2 Å². The van der Waals surface area contributed by atoms with Gasteiger partial charge in [0.25, 0.3) is 0 Å². The first-order valence-corrected chi connectivity index (χ1v) is 10.1. The Bertz CT molecular complexity index is 856. The Morgan fingerprint density at radius 2 is 2.03 bits per heavy atom. The van der Waals surface area contributed by atoms with Gasteiger partial charge in [-0.3, -0.25) is 4.79 Å². The van der Waals surface area contributed by atoms with E-state index in [2.05, 4.69) is 20.4 Å². The number of hydrogen-bond acceptors (Lipinski definition) is 8. The molecule has 0 saturated carbocycles. The molecule has 0 unspecified atom stereocenters. The molecule has 156 valence electrons. The van der Waals surface area contributed by atoms with Gasteiger partial charge >= 0.3 is 0 Å². The van der Waals surface area contributed by atoms with E-state index >= 15 is 0 Å². The Morgan fingerprint density at radius 3 is 2.76 bits per heavy atom. The standard InChI is InChI=1S/C20H28N6O3/c1-20(2,3)15-13-16(24-29-15)22-18(27)14-5-4-8-26(14)17-6-7-21-19(23-17)25-9-11-28-12-10-25/h6-7,13-14H,4-5,8-12H2,1-3H3,(H,22,24,27)/t14-/m0/s1. The lowest BCUT2D eigenvalue weighted by molar-refractivity contribution is -0.117. The summed E-state index contributed by atoms with van der Waals surface area (Å²) < 4.78 is 10.8. The van der Waals surface area contributed by atoms with E-state index in [0.717, 1.165) is 44.1 Å². The van der Waals surface area contributed by atoms with Crippen molar-refractivity contribution in [2.45, 2.75) is 45.1 Å². The van der Waals surface area contributed by atoms with E-state index < -0.39 is 0 Å². The highest BCUT2D eigenvalue weighted by molar-refractivity contribution is 5.96. The number of amides is 1. The topological polar surface area (TPSA) is 96.6 Å². The maximum absolute atomic E-state index is 12.9. The van der Waals surface area contributed by atoms with Crippen molar-refractivity contribution >= 4 is 23.5 Å². The molecular formula is C20H28N6O3. The first-order valence-electron chi connectivity index (χ1n) is 10.1. The van der Waals surface area contributed by atoms with E-state index in [0.29, 0.717) is 25.0 Å². The summed E-state index contributed by atoms with van der Waals surface area (Å²) in [6.45, 7) is 9.80. The maximum Gasteiger partial charge on any atom is 0.248 e. The van der Waals surface area contributed by atoms with Gasteiger partial charge in [0.05, 0.1) is 13.2 Å². The normalized spacial score (nSPS) is 20.2. The number of hydrogen-bond donors (Lipinski definition) is 1.